The Morgan fingerprint density at radius 2 is 2.20 bits per heavy atom. The van der Waals surface area contributed by atoms with Crippen molar-refractivity contribution in [2.75, 3.05) is 6.61 Å². The Bertz CT molecular complexity index is 379. The Labute approximate surface area is 87.0 Å². The van der Waals surface area contributed by atoms with Crippen molar-refractivity contribution in [3.63, 3.8) is 0 Å². The maximum Gasteiger partial charge on any atom is 0.168 e. The molecule has 1 unspecified atom stereocenters. The Hall–Kier alpha value is -1.16. The summed E-state index contributed by atoms with van der Waals surface area (Å²) in [4.78, 5) is 0. The first kappa shape index (κ1) is 10.4. The smallest absolute Gasteiger partial charge is 0.168 e. The van der Waals surface area contributed by atoms with Gasteiger partial charge in [-0.25, -0.2) is 8.78 Å². The van der Waals surface area contributed by atoms with Crippen molar-refractivity contribution < 1.29 is 13.5 Å². The van der Waals surface area contributed by atoms with Crippen LogP contribution in [-0.4, -0.2) is 12.6 Å². The SMILES string of the molecule is C[C@H](N)C1COc2c(F)cc(F)cc2C1. The van der Waals surface area contributed by atoms with Crippen molar-refractivity contribution in [3.05, 3.63) is 29.3 Å². The molecule has 0 fully saturated rings. The molecule has 15 heavy (non-hydrogen) atoms. The predicted molar refractivity (Wildman–Crippen MR) is 52.7 cm³/mol. The van der Waals surface area contributed by atoms with E-state index in [1.165, 1.54) is 6.07 Å². The van der Waals surface area contributed by atoms with Gasteiger partial charge in [-0.05, 0) is 19.4 Å². The molecule has 0 bridgehead atoms. The molecule has 2 N–H and O–H groups in total. The number of rotatable bonds is 1. The standard InChI is InChI=1S/C11H13F2NO/c1-6(14)8-2-7-3-9(12)4-10(13)11(7)15-5-8/h3-4,6,8H,2,5,14H2,1H3/t6-,8?/m0/s1. The number of benzene rings is 1. The highest BCUT2D eigenvalue weighted by Crippen LogP contribution is 2.31. The van der Waals surface area contributed by atoms with Gasteiger partial charge in [0.15, 0.2) is 11.6 Å². The van der Waals surface area contributed by atoms with Crippen molar-refractivity contribution in [2.24, 2.45) is 11.7 Å². The summed E-state index contributed by atoms with van der Waals surface area (Å²) in [5.41, 5.74) is 6.30. The lowest BCUT2D eigenvalue weighted by Crippen LogP contribution is -2.35. The summed E-state index contributed by atoms with van der Waals surface area (Å²) in [5.74, 6) is -0.903. The monoisotopic (exact) mass is 213 g/mol. The molecule has 0 radical (unpaired) electrons. The quantitative estimate of drug-likeness (QED) is 0.772. The van der Waals surface area contributed by atoms with Crippen LogP contribution in [0.1, 0.15) is 12.5 Å². The third kappa shape index (κ3) is 1.95. The first-order valence-electron chi connectivity index (χ1n) is 4.94. The van der Waals surface area contributed by atoms with Crippen LogP contribution in [0.25, 0.3) is 0 Å². The van der Waals surface area contributed by atoms with Gasteiger partial charge in [-0.15, -0.1) is 0 Å². The van der Waals surface area contributed by atoms with E-state index < -0.39 is 11.6 Å². The molecule has 2 atom stereocenters. The third-order valence-corrected chi connectivity index (χ3v) is 2.75. The Balaban J connectivity index is 2.33. The van der Waals surface area contributed by atoms with Crippen molar-refractivity contribution in [1.82, 2.24) is 0 Å². The highest BCUT2D eigenvalue weighted by Gasteiger charge is 2.25. The largest absolute Gasteiger partial charge is 0.490 e. The van der Waals surface area contributed by atoms with Crippen LogP contribution in [-0.2, 0) is 6.42 Å². The first-order valence-corrected chi connectivity index (χ1v) is 4.94. The van der Waals surface area contributed by atoms with Gasteiger partial charge in [-0.1, -0.05) is 0 Å². The fourth-order valence-electron chi connectivity index (χ4n) is 1.80. The molecule has 1 aliphatic heterocycles. The number of ether oxygens (including phenoxy) is 1. The van der Waals surface area contributed by atoms with E-state index >= 15 is 0 Å². The summed E-state index contributed by atoms with van der Waals surface area (Å²) in [7, 11) is 0. The third-order valence-electron chi connectivity index (χ3n) is 2.75. The maximum atomic E-state index is 13.3. The van der Waals surface area contributed by atoms with Gasteiger partial charge < -0.3 is 10.5 Å². The zero-order chi connectivity index (χ0) is 11.0. The van der Waals surface area contributed by atoms with E-state index in [1.807, 2.05) is 6.92 Å². The van der Waals surface area contributed by atoms with Crippen molar-refractivity contribution in [1.29, 1.82) is 0 Å². The lowest BCUT2D eigenvalue weighted by Gasteiger charge is -2.27. The fourth-order valence-corrected chi connectivity index (χ4v) is 1.80. The Kier molecular flexibility index (Phi) is 2.61. The second-order valence-corrected chi connectivity index (χ2v) is 4.01. The summed E-state index contributed by atoms with van der Waals surface area (Å²) in [5, 5.41) is 0. The maximum absolute atomic E-state index is 13.3. The predicted octanol–water partition coefficient (Wildman–Crippen LogP) is 1.86. The second kappa shape index (κ2) is 3.77. The fraction of sp³-hybridized carbons (Fsp3) is 0.455. The average molecular weight is 213 g/mol. The molecule has 0 saturated carbocycles. The van der Waals surface area contributed by atoms with E-state index in [1.54, 1.807) is 0 Å². The van der Waals surface area contributed by atoms with E-state index in [0.29, 0.717) is 18.6 Å². The summed E-state index contributed by atoms with van der Waals surface area (Å²) < 4.78 is 31.5. The molecule has 0 spiro atoms. The molecular weight excluding hydrogens is 200 g/mol. The molecule has 1 aromatic rings. The molecule has 2 rings (SSSR count). The van der Waals surface area contributed by atoms with Gasteiger partial charge in [-0.2, -0.15) is 0 Å². The molecule has 2 nitrogen and oxygen atoms in total. The molecule has 1 aromatic carbocycles. The Morgan fingerprint density at radius 3 is 2.87 bits per heavy atom. The number of hydrogen-bond donors (Lipinski definition) is 1. The molecule has 1 heterocycles. The van der Waals surface area contributed by atoms with Crippen molar-refractivity contribution in [2.45, 2.75) is 19.4 Å². The molecule has 0 aliphatic carbocycles. The van der Waals surface area contributed by atoms with Gasteiger partial charge in [0.2, 0.25) is 0 Å². The van der Waals surface area contributed by atoms with Crippen molar-refractivity contribution in [3.8, 4) is 5.75 Å². The zero-order valence-electron chi connectivity index (χ0n) is 8.47. The number of nitrogens with two attached hydrogens (primary N) is 1. The van der Waals surface area contributed by atoms with Gasteiger partial charge in [0, 0.05) is 23.6 Å². The summed E-state index contributed by atoms with van der Waals surface area (Å²) >= 11 is 0. The van der Waals surface area contributed by atoms with Crippen LogP contribution in [0.15, 0.2) is 12.1 Å². The second-order valence-electron chi connectivity index (χ2n) is 4.01. The minimum atomic E-state index is -0.631. The van der Waals surface area contributed by atoms with Gasteiger partial charge in [-0.3, -0.25) is 0 Å². The van der Waals surface area contributed by atoms with Gasteiger partial charge >= 0.3 is 0 Å². The molecule has 0 aromatic heterocycles. The van der Waals surface area contributed by atoms with E-state index in [2.05, 4.69) is 0 Å². The number of halogens is 2. The lowest BCUT2D eigenvalue weighted by atomic mass is 9.91. The number of hydrogen-bond acceptors (Lipinski definition) is 2. The zero-order valence-corrected chi connectivity index (χ0v) is 8.47. The van der Waals surface area contributed by atoms with E-state index in [9.17, 15) is 8.78 Å². The van der Waals surface area contributed by atoms with Gasteiger partial charge in [0.1, 0.15) is 5.82 Å². The van der Waals surface area contributed by atoms with Gasteiger partial charge in [0.25, 0.3) is 0 Å². The van der Waals surface area contributed by atoms with Gasteiger partial charge in [0.05, 0.1) is 6.61 Å². The molecule has 0 amide bonds. The summed E-state index contributed by atoms with van der Waals surface area (Å²) in [6.45, 7) is 2.27. The summed E-state index contributed by atoms with van der Waals surface area (Å²) in [6.07, 6.45) is 0.571. The lowest BCUT2D eigenvalue weighted by molar-refractivity contribution is 0.195. The first-order chi connectivity index (χ1) is 7.08. The molecular formula is C11H13F2NO. The van der Waals surface area contributed by atoms with Crippen molar-refractivity contribution >= 4 is 0 Å². The van der Waals surface area contributed by atoms with Crippen LogP contribution >= 0.6 is 0 Å². The molecule has 1 aliphatic rings. The molecule has 4 heteroatoms. The molecule has 82 valence electrons. The number of fused-ring (bicyclic) bond motifs is 1. The van der Waals surface area contributed by atoms with E-state index in [-0.39, 0.29) is 17.7 Å². The minimum Gasteiger partial charge on any atom is -0.490 e. The topological polar surface area (TPSA) is 35.2 Å². The van der Waals surface area contributed by atoms with Crippen LogP contribution < -0.4 is 10.5 Å². The minimum absolute atomic E-state index is 0.0375. The highest BCUT2D eigenvalue weighted by atomic mass is 19.1. The highest BCUT2D eigenvalue weighted by molar-refractivity contribution is 5.37. The summed E-state index contributed by atoms with van der Waals surface area (Å²) in [6, 6.07) is 2.11. The van der Waals surface area contributed by atoms with Crippen LogP contribution in [0.5, 0.6) is 5.75 Å². The van der Waals surface area contributed by atoms with Crippen LogP contribution in [0.2, 0.25) is 0 Å². The normalized spacial score (nSPS) is 21.7. The molecule has 0 saturated heterocycles. The Morgan fingerprint density at radius 1 is 1.47 bits per heavy atom. The average Bonchev–Trinajstić information content (AvgIpc) is 2.16. The van der Waals surface area contributed by atoms with E-state index in [4.69, 9.17) is 10.5 Å². The van der Waals surface area contributed by atoms with Crippen LogP contribution in [0.3, 0.4) is 0 Å². The van der Waals surface area contributed by atoms with Crippen LogP contribution in [0.4, 0.5) is 8.78 Å². The van der Waals surface area contributed by atoms with Crippen LogP contribution in [0, 0.1) is 17.6 Å². The van der Waals surface area contributed by atoms with E-state index in [0.717, 1.165) is 6.07 Å².